The Kier molecular flexibility index (Phi) is 4.89. The molecule has 2 aliphatic rings. The van der Waals surface area contributed by atoms with Crippen molar-refractivity contribution in [1.82, 2.24) is 20.9 Å². The molecule has 108 valence electrons. The topological polar surface area (TPSA) is 85.8 Å². The second-order valence-electron chi connectivity index (χ2n) is 4.47. The molecule has 1 fully saturated rings. The van der Waals surface area contributed by atoms with E-state index >= 15 is 0 Å². The highest BCUT2D eigenvalue weighted by molar-refractivity contribution is 6.35. The lowest BCUT2D eigenvalue weighted by Gasteiger charge is -2.31. The number of allylic oxidation sites excluding steroid dienone is 2. The number of piperazine rings is 1. The lowest BCUT2D eigenvalue weighted by molar-refractivity contribution is -0.138. The summed E-state index contributed by atoms with van der Waals surface area (Å²) in [6, 6.07) is 0. The van der Waals surface area contributed by atoms with E-state index in [1.54, 1.807) is 6.21 Å². The van der Waals surface area contributed by atoms with Crippen molar-refractivity contribution in [1.29, 1.82) is 0 Å². The van der Waals surface area contributed by atoms with Gasteiger partial charge in [0.05, 0.1) is 17.9 Å². The second-order valence-corrected chi connectivity index (χ2v) is 4.47. The molecule has 0 unspecified atom stereocenters. The highest BCUT2D eigenvalue weighted by atomic mass is 16.2. The molecule has 0 atom stereocenters. The van der Waals surface area contributed by atoms with Crippen LogP contribution in [0.15, 0.2) is 28.5 Å². The Hall–Kier alpha value is -2.15. The maximum Gasteiger partial charge on any atom is 0.313 e. The van der Waals surface area contributed by atoms with Crippen molar-refractivity contribution in [2.45, 2.75) is 0 Å². The molecule has 0 radical (unpaired) electrons. The Labute approximate surface area is 117 Å². The first kappa shape index (κ1) is 14.3. The zero-order valence-corrected chi connectivity index (χ0v) is 11.5. The molecule has 0 aliphatic carbocycles. The van der Waals surface area contributed by atoms with E-state index in [0.29, 0.717) is 12.2 Å². The molecule has 20 heavy (non-hydrogen) atoms. The van der Waals surface area contributed by atoms with Crippen LogP contribution in [-0.2, 0) is 9.59 Å². The minimum atomic E-state index is -0.683. The first-order valence-electron chi connectivity index (χ1n) is 6.61. The standard InChI is InChI=1S/C13H19N5O2/c1-14-12(19)13(20)17-10-9-16-4-2-3-11(10)18-7-5-15-6-8-18/h2-3,9,15H,4-8H2,1H3,(H,14,19)(H,17,20). The van der Waals surface area contributed by atoms with Crippen molar-refractivity contribution in [2.24, 2.45) is 4.99 Å². The van der Waals surface area contributed by atoms with Gasteiger partial charge in [-0.2, -0.15) is 0 Å². The molecule has 2 aliphatic heterocycles. The molecule has 0 aromatic rings. The van der Waals surface area contributed by atoms with Crippen molar-refractivity contribution in [2.75, 3.05) is 39.8 Å². The number of aliphatic imine (C=N–C) groups is 1. The van der Waals surface area contributed by atoms with Crippen molar-refractivity contribution >= 4 is 18.0 Å². The van der Waals surface area contributed by atoms with Crippen molar-refractivity contribution in [3.63, 3.8) is 0 Å². The van der Waals surface area contributed by atoms with Gasteiger partial charge in [0, 0.05) is 39.4 Å². The first-order valence-corrected chi connectivity index (χ1v) is 6.61. The third-order valence-corrected chi connectivity index (χ3v) is 3.12. The quantitative estimate of drug-likeness (QED) is 0.542. The summed E-state index contributed by atoms with van der Waals surface area (Å²) in [7, 11) is 1.43. The van der Waals surface area contributed by atoms with Crippen LogP contribution in [0.25, 0.3) is 0 Å². The van der Waals surface area contributed by atoms with Crippen LogP contribution in [-0.4, -0.2) is 62.7 Å². The Bertz CT molecular complexity index is 475. The third-order valence-electron chi connectivity index (χ3n) is 3.12. The number of carbonyl (C=O) groups excluding carboxylic acids is 2. The second kappa shape index (κ2) is 6.85. The molecule has 2 rings (SSSR count). The molecule has 2 amide bonds. The third kappa shape index (κ3) is 3.45. The van der Waals surface area contributed by atoms with E-state index < -0.39 is 11.8 Å². The number of hydrogen-bond acceptors (Lipinski definition) is 5. The van der Waals surface area contributed by atoms with E-state index in [2.05, 4.69) is 25.8 Å². The minimum absolute atomic E-state index is 0.564. The summed E-state index contributed by atoms with van der Waals surface area (Å²) < 4.78 is 0. The summed E-state index contributed by atoms with van der Waals surface area (Å²) in [6.45, 7) is 4.06. The number of nitrogens with one attached hydrogen (secondary N) is 3. The first-order chi connectivity index (χ1) is 9.72. The normalized spacial score (nSPS) is 18.8. The number of amides is 2. The van der Waals surface area contributed by atoms with Crippen LogP contribution in [0.4, 0.5) is 0 Å². The lowest BCUT2D eigenvalue weighted by atomic mass is 10.2. The van der Waals surface area contributed by atoms with E-state index in [1.807, 2.05) is 12.2 Å². The fraction of sp³-hybridized carbons (Fsp3) is 0.462. The number of hydrogen-bond donors (Lipinski definition) is 3. The van der Waals surface area contributed by atoms with Gasteiger partial charge in [-0.05, 0) is 6.08 Å². The van der Waals surface area contributed by atoms with Crippen LogP contribution in [0, 0.1) is 0 Å². The molecule has 0 saturated carbocycles. The van der Waals surface area contributed by atoms with E-state index in [-0.39, 0.29) is 0 Å². The molecule has 2 heterocycles. The van der Waals surface area contributed by atoms with Gasteiger partial charge in [-0.3, -0.25) is 14.6 Å². The van der Waals surface area contributed by atoms with Crippen LogP contribution >= 0.6 is 0 Å². The van der Waals surface area contributed by atoms with Gasteiger partial charge in [0.2, 0.25) is 0 Å². The van der Waals surface area contributed by atoms with Crippen LogP contribution in [0.5, 0.6) is 0 Å². The maximum atomic E-state index is 11.7. The number of rotatable bonds is 2. The van der Waals surface area contributed by atoms with Gasteiger partial charge >= 0.3 is 11.8 Å². The van der Waals surface area contributed by atoms with Crippen molar-refractivity contribution in [3.05, 3.63) is 23.5 Å². The molecule has 0 aromatic carbocycles. The zero-order chi connectivity index (χ0) is 14.4. The summed E-state index contributed by atoms with van der Waals surface area (Å²) in [5.74, 6) is -1.35. The Morgan fingerprint density at radius 1 is 1.30 bits per heavy atom. The highest BCUT2D eigenvalue weighted by Gasteiger charge is 2.19. The molecule has 3 N–H and O–H groups in total. The molecular weight excluding hydrogens is 258 g/mol. The van der Waals surface area contributed by atoms with Gasteiger partial charge < -0.3 is 20.9 Å². The zero-order valence-electron chi connectivity index (χ0n) is 11.5. The maximum absolute atomic E-state index is 11.7. The fourth-order valence-corrected chi connectivity index (χ4v) is 2.10. The molecule has 0 aromatic heterocycles. The van der Waals surface area contributed by atoms with Crippen LogP contribution in [0.2, 0.25) is 0 Å². The van der Waals surface area contributed by atoms with Gasteiger partial charge in [0.1, 0.15) is 0 Å². The van der Waals surface area contributed by atoms with Crippen LogP contribution in [0.3, 0.4) is 0 Å². The predicted octanol–water partition coefficient (Wildman–Crippen LogP) is -1.39. The van der Waals surface area contributed by atoms with Gasteiger partial charge in [0.25, 0.3) is 0 Å². The SMILES string of the molecule is CNC(=O)C(=O)NC1=C(N2CCNCC2)C=CCN=C1. The molecule has 7 nitrogen and oxygen atoms in total. The average molecular weight is 277 g/mol. The summed E-state index contributed by atoms with van der Waals surface area (Å²) in [5, 5.41) is 8.21. The predicted molar refractivity (Wildman–Crippen MR) is 76.2 cm³/mol. The molecule has 7 heteroatoms. The van der Waals surface area contributed by atoms with Crippen molar-refractivity contribution < 1.29 is 9.59 Å². The van der Waals surface area contributed by atoms with E-state index in [4.69, 9.17) is 0 Å². The van der Waals surface area contributed by atoms with E-state index in [9.17, 15) is 9.59 Å². The number of likely N-dealkylation sites (N-methyl/N-ethyl adjacent to an activating group) is 1. The molecular formula is C13H19N5O2. The molecule has 1 saturated heterocycles. The van der Waals surface area contributed by atoms with Gasteiger partial charge in [-0.15, -0.1) is 0 Å². The summed E-state index contributed by atoms with van der Waals surface area (Å²) in [6.07, 6.45) is 5.49. The van der Waals surface area contributed by atoms with Crippen LogP contribution < -0.4 is 16.0 Å². The molecule has 0 spiro atoms. The minimum Gasteiger partial charge on any atom is -0.367 e. The summed E-state index contributed by atoms with van der Waals surface area (Å²) >= 11 is 0. The Balaban J connectivity index is 2.21. The summed E-state index contributed by atoms with van der Waals surface area (Å²) in [5.41, 5.74) is 1.46. The fourth-order valence-electron chi connectivity index (χ4n) is 2.10. The lowest BCUT2D eigenvalue weighted by Crippen LogP contribution is -2.44. The van der Waals surface area contributed by atoms with Gasteiger partial charge in [0.15, 0.2) is 0 Å². The smallest absolute Gasteiger partial charge is 0.313 e. The monoisotopic (exact) mass is 277 g/mol. The summed E-state index contributed by atoms with van der Waals surface area (Å²) in [4.78, 5) is 29.4. The van der Waals surface area contributed by atoms with E-state index in [1.165, 1.54) is 7.05 Å². The van der Waals surface area contributed by atoms with Crippen molar-refractivity contribution in [3.8, 4) is 0 Å². The number of carbonyl (C=O) groups is 2. The average Bonchev–Trinajstić information content (AvgIpc) is 2.72. The van der Waals surface area contributed by atoms with Gasteiger partial charge in [-0.25, -0.2) is 0 Å². The largest absolute Gasteiger partial charge is 0.367 e. The van der Waals surface area contributed by atoms with Crippen LogP contribution in [0.1, 0.15) is 0 Å². The highest BCUT2D eigenvalue weighted by Crippen LogP contribution is 2.13. The Morgan fingerprint density at radius 2 is 2.05 bits per heavy atom. The number of nitrogens with zero attached hydrogens (tertiary/aromatic N) is 2. The molecule has 0 bridgehead atoms. The van der Waals surface area contributed by atoms with E-state index in [0.717, 1.165) is 31.9 Å². The Morgan fingerprint density at radius 3 is 2.75 bits per heavy atom. The van der Waals surface area contributed by atoms with Gasteiger partial charge in [-0.1, -0.05) is 6.08 Å².